The van der Waals surface area contributed by atoms with Crippen molar-refractivity contribution in [2.24, 2.45) is 10.7 Å². The van der Waals surface area contributed by atoms with Crippen molar-refractivity contribution in [2.45, 2.75) is 19.8 Å². The van der Waals surface area contributed by atoms with Crippen molar-refractivity contribution < 1.29 is 9.13 Å². The van der Waals surface area contributed by atoms with Crippen molar-refractivity contribution in [2.75, 3.05) is 19.0 Å². The summed E-state index contributed by atoms with van der Waals surface area (Å²) in [5.74, 6) is 0.248. The Morgan fingerprint density at radius 1 is 1.21 bits per heavy atom. The Hall–Kier alpha value is -1.83. The molecule has 0 aliphatic heterocycles. The maximum absolute atomic E-state index is 13.3. The number of guanidine groups is 1. The number of methoxy groups -OCH3 is 1. The summed E-state index contributed by atoms with van der Waals surface area (Å²) in [6.07, 6.45) is 1.63. The van der Waals surface area contributed by atoms with Gasteiger partial charge in [-0.2, -0.15) is 0 Å². The topological polar surface area (TPSA) is 59.6 Å². The maximum Gasteiger partial charge on any atom is 0.193 e. The predicted molar refractivity (Wildman–Crippen MR) is 108 cm³/mol. The van der Waals surface area contributed by atoms with Crippen LogP contribution in [0.2, 0.25) is 0 Å². The van der Waals surface area contributed by atoms with E-state index in [0.29, 0.717) is 18.9 Å². The normalized spacial score (nSPS) is 10.9. The Labute approximate surface area is 159 Å². The average molecular weight is 443 g/mol. The SMILES string of the molecule is CCc1cccc(NC(N)=NCCc2ccc(F)c(OC)c2)c1.I. The summed E-state index contributed by atoms with van der Waals surface area (Å²) in [4.78, 5) is 4.30. The minimum Gasteiger partial charge on any atom is -0.494 e. The molecule has 0 bridgehead atoms. The largest absolute Gasteiger partial charge is 0.494 e. The molecule has 130 valence electrons. The number of nitrogens with two attached hydrogens (primary N) is 1. The number of nitrogens with one attached hydrogen (secondary N) is 1. The van der Waals surface area contributed by atoms with Gasteiger partial charge in [-0.3, -0.25) is 4.99 Å². The second kappa shape index (κ2) is 10.1. The Kier molecular flexibility index (Phi) is 8.53. The van der Waals surface area contributed by atoms with Crippen LogP contribution >= 0.6 is 24.0 Å². The number of hydrogen-bond donors (Lipinski definition) is 2. The van der Waals surface area contributed by atoms with Crippen LogP contribution in [0.15, 0.2) is 47.5 Å². The van der Waals surface area contributed by atoms with Crippen LogP contribution in [0, 0.1) is 5.82 Å². The van der Waals surface area contributed by atoms with E-state index in [1.165, 1.54) is 18.7 Å². The van der Waals surface area contributed by atoms with Crippen LogP contribution in [0.25, 0.3) is 0 Å². The molecule has 0 aromatic heterocycles. The van der Waals surface area contributed by atoms with Gasteiger partial charge in [0.25, 0.3) is 0 Å². The smallest absolute Gasteiger partial charge is 0.193 e. The first-order valence-electron chi connectivity index (χ1n) is 7.60. The van der Waals surface area contributed by atoms with Crippen LogP contribution < -0.4 is 15.8 Å². The van der Waals surface area contributed by atoms with Gasteiger partial charge in [-0.1, -0.05) is 25.1 Å². The monoisotopic (exact) mass is 443 g/mol. The summed E-state index contributed by atoms with van der Waals surface area (Å²) in [6.45, 7) is 2.62. The molecule has 0 amide bonds. The van der Waals surface area contributed by atoms with Crippen molar-refractivity contribution in [1.82, 2.24) is 0 Å². The minimum atomic E-state index is -0.364. The third-order valence-corrected chi connectivity index (χ3v) is 3.51. The van der Waals surface area contributed by atoms with Gasteiger partial charge in [0, 0.05) is 12.2 Å². The van der Waals surface area contributed by atoms with Gasteiger partial charge in [0.05, 0.1) is 7.11 Å². The molecule has 0 saturated heterocycles. The average Bonchev–Trinajstić information content (AvgIpc) is 2.56. The maximum atomic E-state index is 13.3. The zero-order chi connectivity index (χ0) is 16.7. The second-order valence-electron chi connectivity index (χ2n) is 5.16. The van der Waals surface area contributed by atoms with Crippen LogP contribution in [0.3, 0.4) is 0 Å². The predicted octanol–water partition coefficient (Wildman–Crippen LogP) is 3.98. The summed E-state index contributed by atoms with van der Waals surface area (Å²) < 4.78 is 18.3. The van der Waals surface area contributed by atoms with Gasteiger partial charge >= 0.3 is 0 Å². The molecule has 4 nitrogen and oxygen atoms in total. The van der Waals surface area contributed by atoms with Crippen molar-refractivity contribution in [3.63, 3.8) is 0 Å². The van der Waals surface area contributed by atoms with Gasteiger partial charge in [0.2, 0.25) is 0 Å². The Morgan fingerprint density at radius 2 is 2.00 bits per heavy atom. The van der Waals surface area contributed by atoms with E-state index in [2.05, 4.69) is 23.3 Å². The van der Waals surface area contributed by atoms with Gasteiger partial charge < -0.3 is 15.8 Å². The molecule has 0 unspecified atom stereocenters. The number of ether oxygens (including phenoxy) is 1. The summed E-state index contributed by atoms with van der Waals surface area (Å²) in [5.41, 5.74) is 9.01. The lowest BCUT2D eigenvalue weighted by Crippen LogP contribution is -2.23. The third-order valence-electron chi connectivity index (χ3n) is 3.51. The van der Waals surface area contributed by atoms with Gasteiger partial charge in [0.15, 0.2) is 17.5 Å². The van der Waals surface area contributed by atoms with E-state index in [0.717, 1.165) is 17.7 Å². The molecule has 24 heavy (non-hydrogen) atoms. The van der Waals surface area contributed by atoms with Crippen LogP contribution in [0.4, 0.5) is 10.1 Å². The van der Waals surface area contributed by atoms with Crippen LogP contribution in [-0.2, 0) is 12.8 Å². The number of hydrogen-bond acceptors (Lipinski definition) is 2. The summed E-state index contributed by atoms with van der Waals surface area (Å²) in [7, 11) is 1.45. The van der Waals surface area contributed by atoms with E-state index in [9.17, 15) is 4.39 Å². The highest BCUT2D eigenvalue weighted by Gasteiger charge is 2.03. The lowest BCUT2D eigenvalue weighted by atomic mass is 10.1. The number of anilines is 1. The van der Waals surface area contributed by atoms with Gasteiger partial charge in [-0.25, -0.2) is 4.39 Å². The summed E-state index contributed by atoms with van der Waals surface area (Å²) in [6, 6.07) is 12.9. The van der Waals surface area contributed by atoms with Crippen molar-refractivity contribution >= 4 is 35.6 Å². The van der Waals surface area contributed by atoms with Gasteiger partial charge in [-0.15, -0.1) is 24.0 Å². The number of benzene rings is 2. The zero-order valence-corrected chi connectivity index (χ0v) is 16.2. The minimum absolute atomic E-state index is 0. The molecule has 0 aliphatic rings. The zero-order valence-electron chi connectivity index (χ0n) is 13.9. The fraction of sp³-hybridized carbons (Fsp3) is 0.278. The van der Waals surface area contributed by atoms with E-state index >= 15 is 0 Å². The van der Waals surface area contributed by atoms with E-state index < -0.39 is 0 Å². The molecule has 6 heteroatoms. The number of nitrogens with zero attached hydrogens (tertiary/aromatic N) is 1. The molecule has 0 heterocycles. The van der Waals surface area contributed by atoms with Crippen molar-refractivity contribution in [3.8, 4) is 5.75 Å². The Balaban J connectivity index is 0.00000288. The van der Waals surface area contributed by atoms with Crippen LogP contribution in [0.5, 0.6) is 5.75 Å². The molecule has 0 aliphatic carbocycles. The molecule has 3 N–H and O–H groups in total. The molecule has 2 aromatic rings. The number of aliphatic imine (C=N–C) groups is 1. The fourth-order valence-electron chi connectivity index (χ4n) is 2.22. The highest BCUT2D eigenvalue weighted by Crippen LogP contribution is 2.18. The lowest BCUT2D eigenvalue weighted by Gasteiger charge is -2.08. The lowest BCUT2D eigenvalue weighted by molar-refractivity contribution is 0.386. The van der Waals surface area contributed by atoms with E-state index in [1.807, 2.05) is 18.2 Å². The van der Waals surface area contributed by atoms with Crippen LogP contribution in [0.1, 0.15) is 18.1 Å². The second-order valence-corrected chi connectivity index (χ2v) is 5.16. The van der Waals surface area contributed by atoms with Crippen molar-refractivity contribution in [3.05, 3.63) is 59.4 Å². The Morgan fingerprint density at radius 3 is 2.71 bits per heavy atom. The molecule has 0 fully saturated rings. The molecular weight excluding hydrogens is 420 g/mol. The highest BCUT2D eigenvalue weighted by atomic mass is 127. The Bertz CT molecular complexity index is 692. The molecular formula is C18H23FIN3O. The van der Waals surface area contributed by atoms with E-state index in [-0.39, 0.29) is 35.5 Å². The molecule has 2 aromatic carbocycles. The quantitative estimate of drug-likeness (QED) is 0.404. The third kappa shape index (κ3) is 5.99. The number of aryl methyl sites for hydroxylation is 1. The number of halogens is 2. The first-order valence-corrected chi connectivity index (χ1v) is 7.60. The molecule has 0 spiro atoms. The molecule has 0 atom stereocenters. The van der Waals surface area contributed by atoms with E-state index in [4.69, 9.17) is 10.5 Å². The first-order chi connectivity index (χ1) is 11.1. The molecule has 2 rings (SSSR count). The first kappa shape index (κ1) is 20.2. The van der Waals surface area contributed by atoms with E-state index in [1.54, 1.807) is 12.1 Å². The summed E-state index contributed by atoms with van der Waals surface area (Å²) >= 11 is 0. The van der Waals surface area contributed by atoms with Crippen LogP contribution in [-0.4, -0.2) is 19.6 Å². The summed E-state index contributed by atoms with van der Waals surface area (Å²) in [5, 5.41) is 3.08. The molecule has 0 radical (unpaired) electrons. The number of rotatable bonds is 6. The molecule has 0 saturated carbocycles. The van der Waals surface area contributed by atoms with Gasteiger partial charge in [0.1, 0.15) is 0 Å². The van der Waals surface area contributed by atoms with Gasteiger partial charge in [-0.05, 0) is 48.2 Å². The highest BCUT2D eigenvalue weighted by molar-refractivity contribution is 14.0. The van der Waals surface area contributed by atoms with Crippen molar-refractivity contribution in [1.29, 1.82) is 0 Å². The fourth-order valence-corrected chi connectivity index (χ4v) is 2.22. The standard InChI is InChI=1S/C18H22FN3O.HI/c1-3-13-5-4-6-15(11-13)22-18(20)21-10-9-14-7-8-16(19)17(12-14)23-2;/h4-8,11-12H,3,9-10H2,1-2H3,(H3,20,21,22);1H.